The second-order valence-corrected chi connectivity index (χ2v) is 21.6. The SMILES string of the molecule is C.C.C.C.C.C.CC(C)N1CCC1.CC(C)N1CCCC1.CC(C)N1CCCCC1.CC(C)N1CCCN(C)CC1.CC(C)N1CCCOCC1.CC(C)N1CCN(C)CC1.CC(C)N1CCOCC1.[2HH].[2H][2H].[2H][2H].[2H][2H]. The van der Waals surface area contributed by atoms with Crippen LogP contribution in [-0.2, 0) is 9.47 Å². The van der Waals surface area contributed by atoms with Gasteiger partial charge in [0.25, 0.3) is 0 Å². The van der Waals surface area contributed by atoms with Gasteiger partial charge in [-0.2, -0.15) is 0 Å². The van der Waals surface area contributed by atoms with Gasteiger partial charge in [0.15, 0.2) is 0 Å². The average Bonchev–Trinajstić information content (AvgIpc) is 3.62. The van der Waals surface area contributed by atoms with Gasteiger partial charge in [-0.15, -0.1) is 0 Å². The zero-order valence-corrected chi connectivity index (χ0v) is 46.1. The average molecular weight is 1020 g/mol. The van der Waals surface area contributed by atoms with E-state index in [1.807, 2.05) is 0 Å². The summed E-state index contributed by atoms with van der Waals surface area (Å²) in [5, 5.41) is 0. The Balaban J connectivity index is -0.0000000826. The summed E-state index contributed by atoms with van der Waals surface area (Å²) in [7, 11) is 4.40. The number of hydrogen-bond acceptors (Lipinski definition) is 11. The lowest BCUT2D eigenvalue weighted by Crippen LogP contribution is -2.47. The summed E-state index contributed by atoms with van der Waals surface area (Å²) in [6.07, 6.45) is 11.0. The van der Waals surface area contributed by atoms with Crippen molar-refractivity contribution in [3.8, 4) is 0 Å². The minimum atomic E-state index is 0. The van der Waals surface area contributed by atoms with Crippen LogP contribution in [0.25, 0.3) is 0 Å². The topological polar surface area (TPSA) is 47.6 Å². The summed E-state index contributed by atoms with van der Waals surface area (Å²) in [6, 6.07) is 5.15. The Labute approximate surface area is 456 Å². The van der Waals surface area contributed by atoms with E-state index in [2.05, 4.69) is 155 Å². The van der Waals surface area contributed by atoms with E-state index >= 15 is 0 Å². The minimum Gasteiger partial charge on any atom is -0.380 e. The highest BCUT2D eigenvalue weighted by molar-refractivity contribution is 4.74. The number of piperidine rings is 1. The van der Waals surface area contributed by atoms with Crippen molar-refractivity contribution >= 4 is 0 Å². The Bertz CT molecular complexity index is 1020. The predicted molar refractivity (Wildman–Crippen MR) is 329 cm³/mol. The third kappa shape index (κ3) is 39.9. The molecule has 7 heterocycles. The third-order valence-electron chi connectivity index (χ3n) is 14.1. The molecule has 70 heavy (non-hydrogen) atoms. The molecule has 0 amide bonds. The largest absolute Gasteiger partial charge is 0.380 e. The standard InChI is InChI=1S/C9H20N2.C8H18N2.C8H17NO.C8H17N.C7H15NO.C7H15N.C6H13N.6CH4.4H2/c1-9(2)11-6-4-5-10(3)7-8-11;1-8(2)10-6-4-9(3)5-7-10;1-8(2)9-4-3-6-10-7-5-9;1-8(2)9-6-4-3-5-7-9;1-7(2)8-3-5-9-6-4-8;1-7(2)8-5-3-4-6-8;1-6(2)7-4-3-5-7;;;;;;;;;;/h9H,4-8H2,1-3H3;8H,4-7H2,1-3H3;8H,3-7H2,1-2H3;8H,3-7H2,1-2H3;7H,3-6H2,1-2H3;7H,3-6H2,1-2H3;6H,3-5H2,1-2H3;6*1H4;4*1H/i;;;;;;;;;;;;;3*1+1D;1+1. The molecule has 7 rings (SSSR count). The van der Waals surface area contributed by atoms with Crippen LogP contribution in [0.15, 0.2) is 0 Å². The first-order valence-electron chi connectivity index (χ1n) is 30.1. The molecule has 0 atom stereocenters. The maximum atomic E-state index is 5.33. The van der Waals surface area contributed by atoms with Crippen LogP contribution in [0.5, 0.6) is 0 Å². The lowest BCUT2D eigenvalue weighted by molar-refractivity contribution is 0.0238. The van der Waals surface area contributed by atoms with Crippen molar-refractivity contribution < 1.29 is 19.8 Å². The molecule has 0 aromatic carbocycles. The van der Waals surface area contributed by atoms with Crippen LogP contribution in [-0.4, -0.2) is 245 Å². The highest BCUT2D eigenvalue weighted by atomic mass is 16.5. The Morgan fingerprint density at radius 2 is 0.457 bits per heavy atom. The zero-order chi connectivity index (χ0) is 53.9. The van der Waals surface area contributed by atoms with Crippen LogP contribution in [0.3, 0.4) is 0 Å². The quantitative estimate of drug-likeness (QED) is 0.245. The van der Waals surface area contributed by atoms with Crippen molar-refractivity contribution in [1.29, 1.82) is 0 Å². The molecular weight excluding hydrogens is 867 g/mol. The molecule has 0 aromatic rings. The second-order valence-electron chi connectivity index (χ2n) is 21.6. The van der Waals surface area contributed by atoms with Gasteiger partial charge in [-0.25, -0.2) is 0 Å². The molecule has 7 saturated heterocycles. The first-order chi connectivity index (χ1) is 33.4. The Morgan fingerprint density at radius 3 is 0.771 bits per heavy atom. The van der Waals surface area contributed by atoms with E-state index in [1.54, 1.807) is 0 Å². The van der Waals surface area contributed by atoms with E-state index in [-0.39, 0.29) is 46.0 Å². The molecule has 0 aromatic heterocycles. The zero-order valence-electron chi connectivity index (χ0n) is 52.1. The fraction of sp³-hybridized carbons (Fsp3) is 1.00. The molecule has 7 aliphatic heterocycles. The molecule has 0 N–H and O–H groups in total. The van der Waals surface area contributed by atoms with Crippen molar-refractivity contribution in [2.45, 2.75) is 235 Å². The number of likely N-dealkylation sites (N-methyl/N-ethyl adjacent to an activating group) is 2. The number of morpholine rings is 1. The van der Waals surface area contributed by atoms with Gasteiger partial charge in [-0.05, 0) is 208 Å². The second kappa shape index (κ2) is 49.4. The Morgan fingerprint density at radius 1 is 0.243 bits per heavy atom. The molecule has 0 bridgehead atoms. The first-order valence-corrected chi connectivity index (χ1v) is 27.1. The fourth-order valence-corrected chi connectivity index (χ4v) is 8.85. The van der Waals surface area contributed by atoms with E-state index < -0.39 is 0 Å². The molecule has 0 spiro atoms. The predicted octanol–water partition coefficient (Wildman–Crippen LogP) is 12.8. The molecule has 0 saturated carbocycles. The summed E-state index contributed by atoms with van der Waals surface area (Å²) >= 11 is 0. The van der Waals surface area contributed by atoms with E-state index in [1.165, 1.54) is 150 Å². The van der Waals surface area contributed by atoms with Crippen molar-refractivity contribution in [2.24, 2.45) is 0 Å². The molecule has 0 unspecified atom stereocenters. The Hall–Kier alpha value is -0.440. The van der Waals surface area contributed by atoms with Gasteiger partial charge in [0.05, 0.1) is 19.8 Å². The molecule has 11 heteroatoms. The summed E-state index contributed by atoms with van der Waals surface area (Å²) in [4.78, 5) is 22.4. The fourth-order valence-electron chi connectivity index (χ4n) is 8.85. The minimum absolute atomic E-state index is 0. The summed E-state index contributed by atoms with van der Waals surface area (Å²) in [6.45, 7) is 57.8. The summed E-state index contributed by atoms with van der Waals surface area (Å²) < 4.78 is 40.5. The lowest BCUT2D eigenvalue weighted by Gasteiger charge is -2.34. The highest BCUT2D eigenvalue weighted by Gasteiger charge is 2.18. The van der Waals surface area contributed by atoms with E-state index in [4.69, 9.17) is 18.4 Å². The summed E-state index contributed by atoms with van der Waals surface area (Å²) in [5.41, 5.74) is 0. The summed E-state index contributed by atoms with van der Waals surface area (Å²) in [5.74, 6) is 0. The maximum Gasteiger partial charge on any atom is 0.0594 e. The maximum absolute atomic E-state index is 5.33. The number of rotatable bonds is 7. The van der Waals surface area contributed by atoms with Crippen LogP contribution >= 0.6 is 0 Å². The monoisotopic (exact) mass is 1020 g/mol. The lowest BCUT2D eigenvalue weighted by atomic mass is 10.1. The van der Waals surface area contributed by atoms with Crippen LogP contribution in [0.1, 0.15) is 203 Å². The van der Waals surface area contributed by atoms with E-state index in [9.17, 15) is 0 Å². The number of nitrogens with zero attached hydrogens (tertiary/aromatic N) is 9. The van der Waals surface area contributed by atoms with Crippen LogP contribution in [0, 0.1) is 0 Å². The van der Waals surface area contributed by atoms with E-state index in [0.29, 0.717) is 12.1 Å². The van der Waals surface area contributed by atoms with Gasteiger partial charge >= 0.3 is 0 Å². The molecule has 440 valence electrons. The van der Waals surface area contributed by atoms with Gasteiger partial charge in [-0.1, -0.05) is 51.0 Å². The molecule has 7 aliphatic rings. The Kier molecular flexibility index (Phi) is 52.1. The number of hydrogen-bond donors (Lipinski definition) is 0. The van der Waals surface area contributed by atoms with Gasteiger partial charge < -0.3 is 34.0 Å². The van der Waals surface area contributed by atoms with Crippen LogP contribution in [0.2, 0.25) is 0 Å². The third-order valence-corrected chi connectivity index (χ3v) is 14.1. The van der Waals surface area contributed by atoms with Crippen LogP contribution in [0.4, 0.5) is 0 Å². The van der Waals surface area contributed by atoms with E-state index in [0.717, 1.165) is 76.3 Å². The number of piperazine rings is 1. The van der Waals surface area contributed by atoms with Gasteiger partial charge in [0.2, 0.25) is 0 Å². The molecule has 7 fully saturated rings. The number of likely N-dealkylation sites (tertiary alicyclic amines) is 3. The smallest absolute Gasteiger partial charge is 0.0594 e. The van der Waals surface area contributed by atoms with Crippen molar-refractivity contribution in [3.63, 3.8) is 0 Å². The molecule has 0 aliphatic carbocycles. The molecular formula is C59H147N9O2. The van der Waals surface area contributed by atoms with Crippen molar-refractivity contribution in [1.82, 2.24) is 44.1 Å². The molecule has 0 radical (unpaired) electrons. The molecule has 11 nitrogen and oxygen atoms in total. The van der Waals surface area contributed by atoms with Gasteiger partial charge in [-0.3, -0.25) is 19.6 Å². The van der Waals surface area contributed by atoms with Gasteiger partial charge in [0, 0.05) is 125 Å². The van der Waals surface area contributed by atoms with Crippen molar-refractivity contribution in [3.05, 3.63) is 0 Å². The normalized spacial score (nSPS) is 21.6. The van der Waals surface area contributed by atoms with Crippen LogP contribution < -0.4 is 0 Å². The highest BCUT2D eigenvalue weighted by Crippen LogP contribution is 2.12. The first kappa shape index (κ1) is 73.8. The van der Waals surface area contributed by atoms with Gasteiger partial charge in [0.1, 0.15) is 0 Å². The van der Waals surface area contributed by atoms with Crippen molar-refractivity contribution in [2.75, 3.05) is 158 Å². The number of ether oxygens (including phenoxy) is 2.